The van der Waals surface area contributed by atoms with Crippen molar-refractivity contribution in [2.24, 2.45) is 0 Å². The van der Waals surface area contributed by atoms with Gasteiger partial charge in [0.2, 0.25) is 0 Å². The van der Waals surface area contributed by atoms with Gasteiger partial charge in [-0.15, -0.1) is 12.4 Å². The third-order valence-electron chi connectivity index (χ3n) is 3.73. The van der Waals surface area contributed by atoms with Gasteiger partial charge >= 0.3 is 6.18 Å². The van der Waals surface area contributed by atoms with Crippen molar-refractivity contribution < 1.29 is 13.2 Å². The van der Waals surface area contributed by atoms with E-state index in [1.807, 2.05) is 0 Å². The number of rotatable bonds is 2. The maximum absolute atomic E-state index is 13.0. The van der Waals surface area contributed by atoms with Crippen molar-refractivity contribution in [3.8, 4) is 0 Å². The highest BCUT2D eigenvalue weighted by atomic mass is 35.5. The molecule has 3 rings (SSSR count). The minimum Gasteiger partial charge on any atom is -0.380 e. The first-order chi connectivity index (χ1) is 10.1. The van der Waals surface area contributed by atoms with Crippen LogP contribution in [-0.4, -0.2) is 24.1 Å². The Bertz CT molecular complexity index is 639. The summed E-state index contributed by atoms with van der Waals surface area (Å²) in [5.41, 5.74) is 0.0176. The molecule has 1 unspecified atom stereocenters. The second kappa shape index (κ2) is 6.71. The lowest BCUT2D eigenvalue weighted by atomic mass is 10.0. The summed E-state index contributed by atoms with van der Waals surface area (Å²) in [5.74, 6) is 0. The van der Waals surface area contributed by atoms with E-state index in [2.05, 4.69) is 15.6 Å². The summed E-state index contributed by atoms with van der Waals surface area (Å²) in [5, 5.41) is 7.13. The predicted molar refractivity (Wildman–Crippen MR) is 83.5 cm³/mol. The van der Waals surface area contributed by atoms with Crippen molar-refractivity contribution in [1.29, 1.82) is 0 Å². The van der Waals surface area contributed by atoms with Crippen LogP contribution >= 0.6 is 12.4 Å². The summed E-state index contributed by atoms with van der Waals surface area (Å²) in [6, 6.07) is 6.18. The number of aromatic nitrogens is 1. The van der Waals surface area contributed by atoms with Crippen LogP contribution in [-0.2, 0) is 6.18 Å². The number of hydrogen-bond donors (Lipinski definition) is 2. The molecule has 1 atom stereocenters. The number of pyridine rings is 1. The number of nitrogens with one attached hydrogen (secondary N) is 2. The first-order valence-electron chi connectivity index (χ1n) is 6.98. The molecule has 1 aliphatic heterocycles. The molecule has 2 heterocycles. The zero-order valence-electron chi connectivity index (χ0n) is 11.8. The first kappa shape index (κ1) is 16.8. The highest BCUT2D eigenvalue weighted by Crippen LogP contribution is 2.36. The monoisotopic (exact) mass is 331 g/mol. The molecular weight excluding hydrogens is 315 g/mol. The Balaban J connectivity index is 0.00000176. The maximum Gasteiger partial charge on any atom is 0.418 e. The number of piperidine rings is 1. The van der Waals surface area contributed by atoms with Crippen LogP contribution in [0, 0.1) is 0 Å². The van der Waals surface area contributed by atoms with Crippen molar-refractivity contribution in [3.05, 3.63) is 36.0 Å². The van der Waals surface area contributed by atoms with E-state index in [0.29, 0.717) is 11.1 Å². The number of fused-ring (bicyclic) bond motifs is 1. The normalized spacial score (nSPS) is 18.8. The van der Waals surface area contributed by atoms with Gasteiger partial charge in [0.15, 0.2) is 0 Å². The second-order valence-electron chi connectivity index (χ2n) is 5.25. The Morgan fingerprint density at radius 2 is 2.05 bits per heavy atom. The Labute approximate surface area is 132 Å². The number of benzene rings is 1. The van der Waals surface area contributed by atoms with Gasteiger partial charge in [0.1, 0.15) is 0 Å². The topological polar surface area (TPSA) is 37.0 Å². The number of nitrogens with zero attached hydrogens (tertiary/aromatic N) is 1. The van der Waals surface area contributed by atoms with Crippen molar-refractivity contribution in [2.45, 2.75) is 25.1 Å². The summed E-state index contributed by atoms with van der Waals surface area (Å²) in [7, 11) is 0. The smallest absolute Gasteiger partial charge is 0.380 e. The van der Waals surface area contributed by atoms with Gasteiger partial charge in [-0.1, -0.05) is 0 Å². The van der Waals surface area contributed by atoms with Crippen molar-refractivity contribution in [1.82, 2.24) is 10.3 Å². The van der Waals surface area contributed by atoms with E-state index in [4.69, 9.17) is 0 Å². The zero-order valence-corrected chi connectivity index (χ0v) is 12.6. The molecule has 1 aromatic heterocycles. The summed E-state index contributed by atoms with van der Waals surface area (Å²) in [6.07, 6.45) is -0.925. The van der Waals surface area contributed by atoms with E-state index in [9.17, 15) is 13.2 Å². The van der Waals surface area contributed by atoms with Crippen molar-refractivity contribution >= 4 is 29.0 Å². The maximum atomic E-state index is 13.0. The molecular formula is C15H17ClF3N3. The zero-order chi connectivity index (χ0) is 14.9. The highest BCUT2D eigenvalue weighted by molar-refractivity contribution is 5.93. The molecule has 0 spiro atoms. The van der Waals surface area contributed by atoms with Crippen LogP contribution in [0.25, 0.3) is 10.9 Å². The quantitative estimate of drug-likeness (QED) is 0.878. The Morgan fingerprint density at radius 1 is 1.23 bits per heavy atom. The Kier molecular flexibility index (Phi) is 5.13. The van der Waals surface area contributed by atoms with Gasteiger partial charge < -0.3 is 10.6 Å². The summed E-state index contributed by atoms with van der Waals surface area (Å²) < 4.78 is 39.1. The van der Waals surface area contributed by atoms with Crippen LogP contribution in [0.3, 0.4) is 0 Å². The predicted octanol–water partition coefficient (Wildman–Crippen LogP) is 3.84. The number of hydrogen-bond acceptors (Lipinski definition) is 3. The van der Waals surface area contributed by atoms with Gasteiger partial charge in [-0.25, -0.2) is 0 Å². The van der Waals surface area contributed by atoms with Gasteiger partial charge in [0, 0.05) is 29.9 Å². The van der Waals surface area contributed by atoms with E-state index in [1.54, 1.807) is 12.1 Å². The fraction of sp³-hybridized carbons (Fsp3) is 0.400. The molecule has 22 heavy (non-hydrogen) atoms. The molecule has 2 N–H and O–H groups in total. The molecule has 1 fully saturated rings. The molecule has 0 bridgehead atoms. The van der Waals surface area contributed by atoms with Crippen LogP contribution in [0.4, 0.5) is 18.9 Å². The average Bonchev–Trinajstić information content (AvgIpc) is 2.47. The molecule has 0 aliphatic carbocycles. The molecule has 7 heteroatoms. The van der Waals surface area contributed by atoms with Crippen molar-refractivity contribution in [2.75, 3.05) is 18.4 Å². The van der Waals surface area contributed by atoms with E-state index < -0.39 is 11.7 Å². The van der Waals surface area contributed by atoms with E-state index >= 15 is 0 Å². The van der Waals surface area contributed by atoms with E-state index in [-0.39, 0.29) is 24.0 Å². The molecule has 2 aromatic rings. The van der Waals surface area contributed by atoms with Crippen LogP contribution in [0.5, 0.6) is 0 Å². The minimum atomic E-state index is -4.39. The Morgan fingerprint density at radius 3 is 2.73 bits per heavy atom. The molecule has 120 valence electrons. The molecule has 3 nitrogen and oxygen atoms in total. The molecule has 1 aliphatic rings. The lowest BCUT2D eigenvalue weighted by molar-refractivity contribution is -0.136. The lowest BCUT2D eigenvalue weighted by Gasteiger charge is -2.25. The van der Waals surface area contributed by atoms with Gasteiger partial charge in [-0.2, -0.15) is 13.2 Å². The molecule has 0 saturated carbocycles. The van der Waals surface area contributed by atoms with Gasteiger partial charge in [-0.3, -0.25) is 4.98 Å². The standard InChI is InChI=1S/C15H16F3N3.ClH/c16-15(17,18)12-5-6-13(11-4-2-8-20-14(11)12)21-10-3-1-7-19-9-10;/h2,4-6,8,10,19,21H,1,3,7,9H2;1H. The number of anilines is 1. The molecule has 0 amide bonds. The van der Waals surface area contributed by atoms with Gasteiger partial charge in [0.05, 0.1) is 11.1 Å². The average molecular weight is 332 g/mol. The molecule has 1 aromatic carbocycles. The minimum absolute atomic E-state index is 0. The Hall–Kier alpha value is -1.53. The third-order valence-corrected chi connectivity index (χ3v) is 3.73. The largest absolute Gasteiger partial charge is 0.418 e. The number of alkyl halides is 3. The van der Waals surface area contributed by atoms with E-state index in [1.165, 1.54) is 12.3 Å². The molecule has 1 saturated heterocycles. The summed E-state index contributed by atoms with van der Waals surface area (Å²) in [4.78, 5) is 3.93. The first-order valence-corrected chi connectivity index (χ1v) is 6.98. The third kappa shape index (κ3) is 3.44. The van der Waals surface area contributed by atoms with E-state index in [0.717, 1.165) is 32.0 Å². The fourth-order valence-electron chi connectivity index (χ4n) is 2.72. The van der Waals surface area contributed by atoms with Crippen LogP contribution < -0.4 is 10.6 Å². The number of halogens is 4. The second-order valence-corrected chi connectivity index (χ2v) is 5.25. The fourth-order valence-corrected chi connectivity index (χ4v) is 2.72. The van der Waals surface area contributed by atoms with Crippen LogP contribution in [0.2, 0.25) is 0 Å². The molecule has 0 radical (unpaired) electrons. The summed E-state index contributed by atoms with van der Waals surface area (Å²) >= 11 is 0. The van der Waals surface area contributed by atoms with Gasteiger partial charge in [0.25, 0.3) is 0 Å². The van der Waals surface area contributed by atoms with Crippen LogP contribution in [0.15, 0.2) is 30.5 Å². The highest BCUT2D eigenvalue weighted by Gasteiger charge is 2.33. The van der Waals surface area contributed by atoms with Crippen molar-refractivity contribution in [3.63, 3.8) is 0 Å². The SMILES string of the molecule is Cl.FC(F)(F)c1ccc(NC2CCCNC2)c2cccnc12. The lowest BCUT2D eigenvalue weighted by Crippen LogP contribution is -2.38. The summed E-state index contributed by atoms with van der Waals surface area (Å²) in [6.45, 7) is 1.82. The van der Waals surface area contributed by atoms with Gasteiger partial charge in [-0.05, 0) is 43.7 Å². The van der Waals surface area contributed by atoms with Crippen LogP contribution in [0.1, 0.15) is 18.4 Å².